The van der Waals surface area contributed by atoms with Gasteiger partial charge in [-0.3, -0.25) is 5.32 Å². The Morgan fingerprint density at radius 1 is 1.44 bits per heavy atom. The van der Waals surface area contributed by atoms with Crippen LogP contribution < -0.4 is 5.32 Å². The molecule has 2 nitrogen and oxygen atoms in total. The molecule has 1 fully saturated rings. The zero-order valence-corrected chi connectivity index (χ0v) is 11.9. The second kappa shape index (κ2) is 5.38. The summed E-state index contributed by atoms with van der Waals surface area (Å²) in [5, 5.41) is 12.7. The van der Waals surface area contributed by atoms with Gasteiger partial charge in [0.15, 0.2) is 0 Å². The molecular formula is C14H16BrFN2. The van der Waals surface area contributed by atoms with Gasteiger partial charge in [-0.1, -0.05) is 34.8 Å². The zero-order valence-electron chi connectivity index (χ0n) is 10.3. The molecule has 1 atom stereocenters. The molecule has 2 rings (SSSR count). The average molecular weight is 311 g/mol. The predicted octanol–water partition coefficient (Wildman–Crippen LogP) is 3.86. The summed E-state index contributed by atoms with van der Waals surface area (Å²) in [4.78, 5) is 0. The predicted molar refractivity (Wildman–Crippen MR) is 72.5 cm³/mol. The lowest BCUT2D eigenvalue weighted by molar-refractivity contribution is 0.376. The summed E-state index contributed by atoms with van der Waals surface area (Å²) < 4.78 is 14.7. The molecule has 18 heavy (non-hydrogen) atoms. The summed E-state index contributed by atoms with van der Waals surface area (Å²) in [5.74, 6) is -0.348. The Morgan fingerprint density at radius 3 is 2.67 bits per heavy atom. The molecule has 0 aromatic heterocycles. The van der Waals surface area contributed by atoms with Crippen molar-refractivity contribution in [2.24, 2.45) is 0 Å². The van der Waals surface area contributed by atoms with Crippen LogP contribution in [-0.2, 0) is 5.54 Å². The van der Waals surface area contributed by atoms with Gasteiger partial charge in [-0.25, -0.2) is 4.39 Å². The Morgan fingerprint density at radius 2 is 2.11 bits per heavy atom. The van der Waals surface area contributed by atoms with Crippen LogP contribution in [0.4, 0.5) is 4.39 Å². The monoisotopic (exact) mass is 310 g/mol. The molecule has 0 heterocycles. The molecule has 0 spiro atoms. The Balaban J connectivity index is 2.28. The van der Waals surface area contributed by atoms with Crippen molar-refractivity contribution >= 4 is 15.9 Å². The van der Waals surface area contributed by atoms with Crippen LogP contribution in [0.5, 0.6) is 0 Å². The van der Waals surface area contributed by atoms with E-state index >= 15 is 0 Å². The van der Waals surface area contributed by atoms with Crippen molar-refractivity contribution in [3.63, 3.8) is 0 Å². The Labute approximate surface area is 115 Å². The third-order valence-corrected chi connectivity index (χ3v) is 4.03. The maximum atomic E-state index is 14.0. The van der Waals surface area contributed by atoms with Crippen LogP contribution in [0.2, 0.25) is 0 Å². The van der Waals surface area contributed by atoms with Gasteiger partial charge in [0, 0.05) is 16.1 Å². The molecular weight excluding hydrogens is 295 g/mol. The second-order valence-electron chi connectivity index (χ2n) is 4.99. The van der Waals surface area contributed by atoms with Crippen LogP contribution in [0.1, 0.15) is 38.2 Å². The summed E-state index contributed by atoms with van der Waals surface area (Å²) in [5.41, 5.74) is -0.542. The lowest BCUT2D eigenvalue weighted by Crippen LogP contribution is -2.44. The van der Waals surface area contributed by atoms with Crippen LogP contribution in [-0.4, -0.2) is 6.04 Å². The van der Waals surface area contributed by atoms with Gasteiger partial charge < -0.3 is 0 Å². The molecule has 0 radical (unpaired) electrons. The molecule has 1 aliphatic rings. The lowest BCUT2D eigenvalue weighted by atomic mass is 9.92. The molecule has 4 heteroatoms. The SMILES string of the molecule is CC(C#N)(NC1CCCC1)c1ccc(Br)cc1F. The van der Waals surface area contributed by atoms with Gasteiger partial charge in [0.05, 0.1) is 6.07 Å². The van der Waals surface area contributed by atoms with Crippen LogP contribution >= 0.6 is 15.9 Å². The number of nitrogens with zero attached hydrogens (tertiary/aromatic N) is 1. The summed E-state index contributed by atoms with van der Waals surface area (Å²) >= 11 is 3.23. The zero-order chi connectivity index (χ0) is 13.2. The van der Waals surface area contributed by atoms with E-state index in [1.807, 2.05) is 0 Å². The fourth-order valence-electron chi connectivity index (χ4n) is 2.54. The minimum absolute atomic E-state index is 0.317. The average Bonchev–Trinajstić information content (AvgIpc) is 2.81. The quantitative estimate of drug-likeness (QED) is 0.920. The van der Waals surface area contributed by atoms with Crippen molar-refractivity contribution in [3.05, 3.63) is 34.1 Å². The highest BCUT2D eigenvalue weighted by atomic mass is 79.9. The molecule has 0 aliphatic heterocycles. The van der Waals surface area contributed by atoms with Crippen LogP contribution in [0.15, 0.2) is 22.7 Å². The fourth-order valence-corrected chi connectivity index (χ4v) is 2.88. The van der Waals surface area contributed by atoms with Crippen molar-refractivity contribution in [1.29, 1.82) is 5.26 Å². The molecule has 0 amide bonds. The maximum absolute atomic E-state index is 14.0. The molecule has 1 aliphatic carbocycles. The fraction of sp³-hybridized carbons (Fsp3) is 0.500. The minimum atomic E-state index is -0.959. The summed E-state index contributed by atoms with van der Waals surface area (Å²) in [6.07, 6.45) is 4.49. The van der Waals surface area contributed by atoms with Crippen molar-refractivity contribution < 1.29 is 4.39 Å². The van der Waals surface area contributed by atoms with E-state index in [-0.39, 0.29) is 5.82 Å². The van der Waals surface area contributed by atoms with E-state index in [1.54, 1.807) is 19.1 Å². The van der Waals surface area contributed by atoms with Crippen LogP contribution in [0.3, 0.4) is 0 Å². The normalized spacial score (nSPS) is 19.4. The molecule has 1 aromatic rings. The smallest absolute Gasteiger partial charge is 0.132 e. The van der Waals surface area contributed by atoms with Gasteiger partial charge in [-0.2, -0.15) is 5.26 Å². The molecule has 1 aromatic carbocycles. The van der Waals surface area contributed by atoms with E-state index in [4.69, 9.17) is 0 Å². The topological polar surface area (TPSA) is 35.8 Å². The summed E-state index contributed by atoms with van der Waals surface area (Å²) in [7, 11) is 0. The number of benzene rings is 1. The molecule has 1 saturated carbocycles. The first-order chi connectivity index (χ1) is 8.55. The first kappa shape index (κ1) is 13.5. The molecule has 1 unspecified atom stereocenters. The highest BCUT2D eigenvalue weighted by Crippen LogP contribution is 2.29. The number of rotatable bonds is 3. The van der Waals surface area contributed by atoms with Crippen LogP contribution in [0.25, 0.3) is 0 Å². The van der Waals surface area contributed by atoms with Crippen molar-refractivity contribution in [2.75, 3.05) is 0 Å². The lowest BCUT2D eigenvalue weighted by Gasteiger charge is -2.28. The van der Waals surface area contributed by atoms with Crippen molar-refractivity contribution in [2.45, 2.75) is 44.2 Å². The van der Waals surface area contributed by atoms with Gasteiger partial charge in [-0.05, 0) is 31.9 Å². The van der Waals surface area contributed by atoms with E-state index < -0.39 is 5.54 Å². The second-order valence-corrected chi connectivity index (χ2v) is 5.90. The number of hydrogen-bond acceptors (Lipinski definition) is 2. The van der Waals surface area contributed by atoms with Gasteiger partial charge in [0.25, 0.3) is 0 Å². The van der Waals surface area contributed by atoms with E-state index in [2.05, 4.69) is 27.3 Å². The van der Waals surface area contributed by atoms with Gasteiger partial charge >= 0.3 is 0 Å². The van der Waals surface area contributed by atoms with Crippen molar-refractivity contribution in [1.82, 2.24) is 5.32 Å². The molecule has 96 valence electrons. The largest absolute Gasteiger partial charge is 0.293 e. The summed E-state index contributed by atoms with van der Waals surface area (Å²) in [6.45, 7) is 1.75. The Kier molecular flexibility index (Phi) is 4.04. The minimum Gasteiger partial charge on any atom is -0.293 e. The van der Waals surface area contributed by atoms with Gasteiger partial charge in [0.1, 0.15) is 11.4 Å². The van der Waals surface area contributed by atoms with Crippen molar-refractivity contribution in [3.8, 4) is 6.07 Å². The van der Waals surface area contributed by atoms with Crippen LogP contribution in [0, 0.1) is 17.1 Å². The van der Waals surface area contributed by atoms with E-state index in [0.717, 1.165) is 12.8 Å². The molecule has 1 N–H and O–H groups in total. The van der Waals surface area contributed by atoms with E-state index in [9.17, 15) is 9.65 Å². The number of halogens is 2. The highest BCUT2D eigenvalue weighted by Gasteiger charge is 2.32. The van der Waals surface area contributed by atoms with E-state index in [0.29, 0.717) is 16.1 Å². The first-order valence-electron chi connectivity index (χ1n) is 6.19. The standard InChI is InChI=1S/C14H16BrFN2/c1-14(9-17,18-11-4-2-3-5-11)12-7-6-10(15)8-13(12)16/h6-8,11,18H,2-5H2,1H3. The molecule has 0 saturated heterocycles. The summed E-state index contributed by atoms with van der Waals surface area (Å²) in [6, 6.07) is 7.38. The Hall–Kier alpha value is -0.920. The van der Waals surface area contributed by atoms with E-state index in [1.165, 1.54) is 18.9 Å². The first-order valence-corrected chi connectivity index (χ1v) is 6.99. The third kappa shape index (κ3) is 2.73. The number of hydrogen-bond donors (Lipinski definition) is 1. The van der Waals surface area contributed by atoms with Gasteiger partial charge in [-0.15, -0.1) is 0 Å². The molecule has 0 bridgehead atoms. The number of nitriles is 1. The van der Waals surface area contributed by atoms with Gasteiger partial charge in [0.2, 0.25) is 0 Å². The highest BCUT2D eigenvalue weighted by molar-refractivity contribution is 9.10. The Bertz CT molecular complexity index is 477. The third-order valence-electron chi connectivity index (χ3n) is 3.54. The maximum Gasteiger partial charge on any atom is 0.132 e. The number of nitrogens with one attached hydrogen (secondary N) is 1.